The number of aliphatic hydroxyl groups is 2. The van der Waals surface area contributed by atoms with Gasteiger partial charge < -0.3 is 29.9 Å². The summed E-state index contributed by atoms with van der Waals surface area (Å²) in [6.07, 6.45) is -3.39. The molecule has 2 aliphatic rings. The number of aliphatic hydroxyl groups excluding tert-OH is 2. The van der Waals surface area contributed by atoms with Crippen LogP contribution in [0.5, 0.6) is 5.75 Å². The van der Waals surface area contributed by atoms with Crippen molar-refractivity contribution in [1.82, 2.24) is 19.7 Å². The summed E-state index contributed by atoms with van der Waals surface area (Å²) in [6, 6.07) is 10.1. The predicted octanol–water partition coefficient (Wildman–Crippen LogP) is 1.09. The lowest BCUT2D eigenvalue weighted by molar-refractivity contribution is -0.152. The highest BCUT2D eigenvalue weighted by atomic mass is 31.2. The summed E-state index contributed by atoms with van der Waals surface area (Å²) in [4.78, 5) is 19.9. The van der Waals surface area contributed by atoms with Crippen LogP contribution in [-0.2, 0) is 28.1 Å². The van der Waals surface area contributed by atoms with Crippen molar-refractivity contribution in [2.75, 3.05) is 32.2 Å². The van der Waals surface area contributed by atoms with Gasteiger partial charge in [-0.15, -0.1) is 0 Å². The maximum atomic E-state index is 13.9. The first-order chi connectivity index (χ1) is 19.6. The Morgan fingerprint density at radius 2 is 2.07 bits per heavy atom. The van der Waals surface area contributed by atoms with E-state index in [0.29, 0.717) is 24.4 Å². The molecule has 218 valence electrons. The molecule has 6 atom stereocenters. The largest absolute Gasteiger partial charge is 0.464 e. The SMILES string of the molecule is [C-]#[N+][C@]1(COP(=O)(N[C@@H](C)C(=O)OCC2COC2)Oc2ccccc2)O[C@@H](c2ccc3c(N)ncnn23)[C@H](O)[C@@H]1O. The maximum absolute atomic E-state index is 13.9. The van der Waals surface area contributed by atoms with Crippen LogP contribution < -0.4 is 15.3 Å². The van der Waals surface area contributed by atoms with Gasteiger partial charge in [-0.25, -0.2) is 20.6 Å². The number of hydrogen-bond donors (Lipinski definition) is 4. The number of esters is 1. The molecule has 0 saturated carbocycles. The molecule has 0 bridgehead atoms. The van der Waals surface area contributed by atoms with Gasteiger partial charge in [-0.1, -0.05) is 18.2 Å². The average Bonchev–Trinajstić information content (AvgIpc) is 3.47. The van der Waals surface area contributed by atoms with Crippen LogP contribution in [0.1, 0.15) is 18.7 Å². The van der Waals surface area contributed by atoms with Gasteiger partial charge in [-0.05, 0) is 31.2 Å². The Kier molecular flexibility index (Phi) is 8.25. The van der Waals surface area contributed by atoms with E-state index in [-0.39, 0.29) is 24.1 Å². The number of rotatable bonds is 11. The summed E-state index contributed by atoms with van der Waals surface area (Å²) in [6.45, 7) is 9.53. The van der Waals surface area contributed by atoms with E-state index in [1.165, 1.54) is 29.9 Å². The zero-order chi connectivity index (χ0) is 29.2. The summed E-state index contributed by atoms with van der Waals surface area (Å²) >= 11 is 0. The zero-order valence-electron chi connectivity index (χ0n) is 21.9. The van der Waals surface area contributed by atoms with E-state index in [9.17, 15) is 19.6 Å². The van der Waals surface area contributed by atoms with Crippen LogP contribution in [0.3, 0.4) is 0 Å². The molecule has 1 aromatic carbocycles. The first-order valence-corrected chi connectivity index (χ1v) is 14.2. The number of carbonyl (C=O) groups is 1. The number of nitrogen functional groups attached to an aromatic ring is 1. The van der Waals surface area contributed by atoms with Crippen molar-refractivity contribution in [3.05, 3.63) is 65.9 Å². The highest BCUT2D eigenvalue weighted by Crippen LogP contribution is 2.49. The van der Waals surface area contributed by atoms with Gasteiger partial charge in [0.2, 0.25) is 0 Å². The van der Waals surface area contributed by atoms with Crippen LogP contribution >= 0.6 is 7.75 Å². The smallest absolute Gasteiger partial charge is 0.459 e. The number of hydrogen-bond acceptors (Lipinski definition) is 12. The van der Waals surface area contributed by atoms with E-state index in [2.05, 4.69) is 20.0 Å². The second-order valence-corrected chi connectivity index (χ2v) is 11.4. The van der Waals surface area contributed by atoms with E-state index in [0.717, 1.165) is 0 Å². The molecule has 16 heteroatoms. The van der Waals surface area contributed by atoms with Crippen molar-refractivity contribution in [2.45, 2.75) is 37.0 Å². The molecule has 5 rings (SSSR count). The van der Waals surface area contributed by atoms with Gasteiger partial charge in [-0.2, -0.15) is 10.2 Å². The molecule has 2 aromatic heterocycles. The second kappa shape index (κ2) is 11.7. The molecule has 15 nitrogen and oxygen atoms in total. The van der Waals surface area contributed by atoms with Gasteiger partial charge in [0.1, 0.15) is 35.8 Å². The average molecular weight is 589 g/mol. The molecule has 41 heavy (non-hydrogen) atoms. The highest BCUT2D eigenvalue weighted by molar-refractivity contribution is 7.52. The number of carbonyl (C=O) groups excluding carboxylic acids is 1. The molecular formula is C25H29N6O9P. The fourth-order valence-electron chi connectivity index (χ4n) is 4.34. The highest BCUT2D eigenvalue weighted by Gasteiger charge is 2.62. The number of aromatic nitrogens is 3. The van der Waals surface area contributed by atoms with E-state index < -0.39 is 50.4 Å². The fourth-order valence-corrected chi connectivity index (χ4v) is 5.86. The van der Waals surface area contributed by atoms with Gasteiger partial charge in [0, 0.05) is 5.92 Å². The molecular weight excluding hydrogens is 559 g/mol. The van der Waals surface area contributed by atoms with Gasteiger partial charge in [0.25, 0.3) is 0 Å². The third kappa shape index (κ3) is 5.90. The Morgan fingerprint density at radius 1 is 1.32 bits per heavy atom. The third-order valence-corrected chi connectivity index (χ3v) is 8.33. The zero-order valence-corrected chi connectivity index (χ0v) is 22.8. The van der Waals surface area contributed by atoms with Crippen molar-refractivity contribution in [1.29, 1.82) is 0 Å². The van der Waals surface area contributed by atoms with Crippen molar-refractivity contribution >= 4 is 25.1 Å². The van der Waals surface area contributed by atoms with E-state index in [1.54, 1.807) is 30.3 Å². The summed E-state index contributed by atoms with van der Waals surface area (Å²) < 4.78 is 42.7. The lowest BCUT2D eigenvalue weighted by Gasteiger charge is -2.27. The number of para-hydroxylation sites is 1. The Bertz CT molecular complexity index is 1480. The first kappa shape index (κ1) is 28.9. The number of nitrogens with two attached hydrogens (primary N) is 1. The number of nitrogens with one attached hydrogen (secondary N) is 1. The van der Waals surface area contributed by atoms with Crippen molar-refractivity contribution in [3.63, 3.8) is 0 Å². The van der Waals surface area contributed by atoms with Crippen LogP contribution in [0.4, 0.5) is 5.82 Å². The predicted molar refractivity (Wildman–Crippen MR) is 141 cm³/mol. The Morgan fingerprint density at radius 3 is 2.76 bits per heavy atom. The molecule has 0 radical (unpaired) electrons. The topological polar surface area (TPSA) is 193 Å². The number of benzene rings is 1. The minimum Gasteiger partial charge on any atom is -0.464 e. The third-order valence-electron chi connectivity index (χ3n) is 6.70. The molecule has 3 aromatic rings. The van der Waals surface area contributed by atoms with Crippen LogP contribution in [0, 0.1) is 12.5 Å². The summed E-state index contributed by atoms with van der Waals surface area (Å²) in [7, 11) is -4.41. The Balaban J connectivity index is 1.35. The lowest BCUT2D eigenvalue weighted by atomic mass is 10.0. The van der Waals surface area contributed by atoms with Crippen LogP contribution in [0.15, 0.2) is 48.8 Å². The monoisotopic (exact) mass is 588 g/mol. The molecule has 2 saturated heterocycles. The first-order valence-electron chi connectivity index (χ1n) is 12.7. The van der Waals surface area contributed by atoms with Crippen molar-refractivity contribution in [2.24, 2.45) is 5.92 Å². The normalized spacial score (nSPS) is 26.5. The summed E-state index contributed by atoms with van der Waals surface area (Å²) in [5.41, 5.74) is 4.42. The maximum Gasteiger partial charge on any atom is 0.459 e. The van der Waals surface area contributed by atoms with Crippen molar-refractivity contribution < 1.29 is 42.8 Å². The van der Waals surface area contributed by atoms with E-state index >= 15 is 0 Å². The number of ether oxygens (including phenoxy) is 3. The van der Waals surface area contributed by atoms with Crippen molar-refractivity contribution in [3.8, 4) is 5.75 Å². The van der Waals surface area contributed by atoms with Gasteiger partial charge in [0.15, 0.2) is 18.5 Å². The van der Waals surface area contributed by atoms with E-state index in [1.807, 2.05) is 0 Å². The van der Waals surface area contributed by atoms with Gasteiger partial charge in [-0.3, -0.25) is 18.9 Å². The molecule has 4 heterocycles. The summed E-state index contributed by atoms with van der Waals surface area (Å²) in [5, 5.41) is 28.5. The minimum atomic E-state index is -4.41. The number of anilines is 1. The molecule has 0 spiro atoms. The van der Waals surface area contributed by atoms with Gasteiger partial charge in [0.05, 0.1) is 25.5 Å². The quantitative estimate of drug-likeness (QED) is 0.141. The standard InChI is InChI=1S/C25H29N6O9P/c1-15(24(34)37-12-16-10-36-11-16)30-41(35,40-17-6-4-3-5-7-17)38-13-25(27-2)22(33)20(32)21(39-25)18-8-9-19-23(26)28-14-29-31(18)19/h3-9,14-16,20-22,32-33H,10-13H2,1H3,(H,30,35)(H2,26,28,29)/t15-,20-,21-,22-,25+,41?/m0/s1. The number of nitrogens with zero attached hydrogens (tertiary/aromatic N) is 4. The molecule has 0 amide bonds. The Hall–Kier alpha value is -3.61. The lowest BCUT2D eigenvalue weighted by Crippen LogP contribution is -2.45. The number of fused-ring (bicyclic) bond motifs is 1. The molecule has 2 fully saturated rings. The Labute approximate surface area is 234 Å². The molecule has 1 unspecified atom stereocenters. The van der Waals surface area contributed by atoms with Gasteiger partial charge >= 0.3 is 19.4 Å². The fraction of sp³-hybridized carbons (Fsp3) is 0.440. The van der Waals surface area contributed by atoms with Crippen LogP contribution in [0.25, 0.3) is 10.4 Å². The second-order valence-electron chi connectivity index (χ2n) is 9.69. The minimum absolute atomic E-state index is 0.0919. The molecule has 5 N–H and O–H groups in total. The molecule has 2 aliphatic heterocycles. The molecule has 0 aliphatic carbocycles. The summed E-state index contributed by atoms with van der Waals surface area (Å²) in [5.74, 6) is -0.284. The van der Waals surface area contributed by atoms with E-state index in [4.69, 9.17) is 35.6 Å². The van der Waals surface area contributed by atoms with Crippen LogP contribution in [-0.4, -0.2) is 81.2 Å². The van der Waals surface area contributed by atoms with Crippen LogP contribution in [0.2, 0.25) is 0 Å².